The third kappa shape index (κ3) is 2.86. The van der Waals surface area contributed by atoms with Crippen LogP contribution >= 0.6 is 0 Å². The number of hydrogen-bond acceptors (Lipinski definition) is 4. The van der Waals surface area contributed by atoms with Gasteiger partial charge in [-0.2, -0.15) is 5.10 Å². The molecule has 1 amide bonds. The highest BCUT2D eigenvalue weighted by molar-refractivity contribution is 5.95. The lowest BCUT2D eigenvalue weighted by molar-refractivity contribution is 0.0425. The first-order valence-electron chi connectivity index (χ1n) is 7.10. The lowest BCUT2D eigenvalue weighted by Gasteiger charge is -2.43. The SMILES string of the molecule is Cc1nn(C)cc1C(=O)N1CCN(C(C)(C)CN)CC1. The monoisotopic (exact) mass is 279 g/mol. The van der Waals surface area contributed by atoms with E-state index in [1.165, 1.54) is 0 Å². The van der Waals surface area contributed by atoms with Crippen molar-refractivity contribution in [2.75, 3.05) is 32.7 Å². The van der Waals surface area contributed by atoms with Gasteiger partial charge in [-0.1, -0.05) is 0 Å². The highest BCUT2D eigenvalue weighted by Crippen LogP contribution is 2.17. The second-order valence-corrected chi connectivity index (χ2v) is 6.10. The van der Waals surface area contributed by atoms with Gasteiger partial charge in [0.1, 0.15) is 0 Å². The van der Waals surface area contributed by atoms with E-state index < -0.39 is 0 Å². The van der Waals surface area contributed by atoms with Gasteiger partial charge in [0.15, 0.2) is 0 Å². The van der Waals surface area contributed by atoms with E-state index >= 15 is 0 Å². The van der Waals surface area contributed by atoms with Gasteiger partial charge in [-0.05, 0) is 20.8 Å². The molecular formula is C14H25N5O. The predicted octanol–water partition coefficient (Wildman–Crippen LogP) is 0.224. The maximum absolute atomic E-state index is 12.5. The van der Waals surface area contributed by atoms with E-state index in [9.17, 15) is 4.79 Å². The fraction of sp³-hybridized carbons (Fsp3) is 0.714. The lowest BCUT2D eigenvalue weighted by Crippen LogP contribution is -2.58. The molecule has 0 aromatic carbocycles. The Labute approximate surface area is 120 Å². The lowest BCUT2D eigenvalue weighted by atomic mass is 10.0. The average Bonchev–Trinajstić information content (AvgIpc) is 2.77. The van der Waals surface area contributed by atoms with Gasteiger partial charge in [-0.15, -0.1) is 0 Å². The molecule has 0 atom stereocenters. The summed E-state index contributed by atoms with van der Waals surface area (Å²) in [6.45, 7) is 10.0. The summed E-state index contributed by atoms with van der Waals surface area (Å²) in [5, 5.41) is 4.24. The number of carbonyl (C=O) groups is 1. The average molecular weight is 279 g/mol. The fourth-order valence-corrected chi connectivity index (χ4v) is 2.62. The second kappa shape index (κ2) is 5.54. The van der Waals surface area contributed by atoms with Crippen LogP contribution in [0.25, 0.3) is 0 Å². The van der Waals surface area contributed by atoms with Gasteiger partial charge in [0.25, 0.3) is 5.91 Å². The third-order valence-electron chi connectivity index (χ3n) is 4.17. The zero-order valence-corrected chi connectivity index (χ0v) is 12.9. The normalized spacial score (nSPS) is 17.6. The summed E-state index contributed by atoms with van der Waals surface area (Å²) < 4.78 is 1.69. The summed E-state index contributed by atoms with van der Waals surface area (Å²) in [6, 6.07) is 0. The number of aromatic nitrogens is 2. The molecule has 112 valence electrons. The Morgan fingerprint density at radius 1 is 1.35 bits per heavy atom. The molecule has 1 aliphatic rings. The van der Waals surface area contributed by atoms with Crippen LogP contribution in [-0.4, -0.2) is 63.8 Å². The van der Waals surface area contributed by atoms with Crippen molar-refractivity contribution in [1.29, 1.82) is 0 Å². The van der Waals surface area contributed by atoms with Crippen LogP contribution < -0.4 is 5.73 Å². The van der Waals surface area contributed by atoms with Gasteiger partial charge in [-0.25, -0.2) is 0 Å². The Morgan fingerprint density at radius 2 is 1.95 bits per heavy atom. The largest absolute Gasteiger partial charge is 0.336 e. The van der Waals surface area contributed by atoms with Crippen molar-refractivity contribution in [3.63, 3.8) is 0 Å². The molecule has 0 unspecified atom stereocenters. The van der Waals surface area contributed by atoms with E-state index in [4.69, 9.17) is 5.73 Å². The van der Waals surface area contributed by atoms with Crippen LogP contribution in [-0.2, 0) is 7.05 Å². The summed E-state index contributed by atoms with van der Waals surface area (Å²) in [7, 11) is 1.84. The zero-order valence-electron chi connectivity index (χ0n) is 12.9. The number of nitrogens with two attached hydrogens (primary N) is 1. The molecule has 0 spiro atoms. The van der Waals surface area contributed by atoms with Gasteiger partial charge in [0, 0.05) is 51.5 Å². The first kappa shape index (κ1) is 15.0. The summed E-state index contributed by atoms with van der Waals surface area (Å²) in [6.07, 6.45) is 1.80. The van der Waals surface area contributed by atoms with Crippen LogP contribution in [0.15, 0.2) is 6.20 Å². The molecule has 0 bridgehead atoms. The van der Waals surface area contributed by atoms with Crippen molar-refractivity contribution in [2.45, 2.75) is 26.3 Å². The molecule has 20 heavy (non-hydrogen) atoms. The molecular weight excluding hydrogens is 254 g/mol. The topological polar surface area (TPSA) is 67.4 Å². The second-order valence-electron chi connectivity index (χ2n) is 6.10. The number of nitrogens with zero attached hydrogens (tertiary/aromatic N) is 4. The van der Waals surface area contributed by atoms with E-state index in [2.05, 4.69) is 23.8 Å². The van der Waals surface area contributed by atoms with Crippen LogP contribution in [0.5, 0.6) is 0 Å². The number of carbonyl (C=O) groups excluding carboxylic acids is 1. The van der Waals surface area contributed by atoms with Crippen LogP contribution in [0.3, 0.4) is 0 Å². The van der Waals surface area contributed by atoms with Crippen molar-refractivity contribution < 1.29 is 4.79 Å². The molecule has 2 heterocycles. The summed E-state index contributed by atoms with van der Waals surface area (Å²) in [5.74, 6) is 0.0841. The molecule has 2 rings (SSSR count). The van der Waals surface area contributed by atoms with E-state index in [0.717, 1.165) is 31.9 Å². The van der Waals surface area contributed by atoms with E-state index in [-0.39, 0.29) is 11.4 Å². The van der Waals surface area contributed by atoms with E-state index in [0.29, 0.717) is 12.1 Å². The van der Waals surface area contributed by atoms with Gasteiger partial charge in [0.2, 0.25) is 0 Å². The number of piperazine rings is 1. The summed E-state index contributed by atoms with van der Waals surface area (Å²) in [5.41, 5.74) is 7.31. The Morgan fingerprint density at radius 3 is 2.40 bits per heavy atom. The highest BCUT2D eigenvalue weighted by Gasteiger charge is 2.31. The highest BCUT2D eigenvalue weighted by atomic mass is 16.2. The smallest absolute Gasteiger partial charge is 0.257 e. The number of rotatable bonds is 3. The van der Waals surface area contributed by atoms with E-state index in [1.54, 1.807) is 10.9 Å². The standard InChI is InChI=1S/C14H25N5O/c1-11-12(9-17(4)16-11)13(20)18-5-7-19(8-6-18)14(2,3)10-15/h9H,5-8,10,15H2,1-4H3. The number of amides is 1. The van der Waals surface area contributed by atoms with Crippen molar-refractivity contribution in [3.8, 4) is 0 Å². The molecule has 1 aromatic rings. The predicted molar refractivity (Wildman–Crippen MR) is 78.6 cm³/mol. The summed E-state index contributed by atoms with van der Waals surface area (Å²) >= 11 is 0. The minimum atomic E-state index is -0.000638. The molecule has 2 N–H and O–H groups in total. The molecule has 0 radical (unpaired) electrons. The Bertz CT molecular complexity index is 486. The van der Waals surface area contributed by atoms with Crippen LogP contribution in [0.1, 0.15) is 29.9 Å². The Hall–Kier alpha value is -1.40. The van der Waals surface area contributed by atoms with E-state index in [1.807, 2.05) is 18.9 Å². The van der Waals surface area contributed by atoms with Crippen molar-refractivity contribution in [3.05, 3.63) is 17.5 Å². The maximum Gasteiger partial charge on any atom is 0.257 e. The minimum absolute atomic E-state index is 0.000638. The molecule has 0 aliphatic carbocycles. The van der Waals surface area contributed by atoms with Crippen LogP contribution in [0.2, 0.25) is 0 Å². The van der Waals surface area contributed by atoms with Gasteiger partial charge in [0.05, 0.1) is 11.3 Å². The number of aryl methyl sites for hydroxylation is 2. The minimum Gasteiger partial charge on any atom is -0.336 e. The molecule has 0 saturated carbocycles. The van der Waals surface area contributed by atoms with Crippen molar-refractivity contribution in [1.82, 2.24) is 19.6 Å². The first-order chi connectivity index (χ1) is 9.35. The van der Waals surface area contributed by atoms with Gasteiger partial charge >= 0.3 is 0 Å². The first-order valence-corrected chi connectivity index (χ1v) is 7.10. The molecule has 6 nitrogen and oxygen atoms in total. The fourth-order valence-electron chi connectivity index (χ4n) is 2.62. The van der Waals surface area contributed by atoms with Crippen molar-refractivity contribution in [2.24, 2.45) is 12.8 Å². The molecule has 1 aromatic heterocycles. The molecule has 1 saturated heterocycles. The molecule has 6 heteroatoms. The third-order valence-corrected chi connectivity index (χ3v) is 4.17. The van der Waals surface area contributed by atoms with Crippen LogP contribution in [0.4, 0.5) is 0 Å². The summed E-state index contributed by atoms with van der Waals surface area (Å²) in [4.78, 5) is 16.8. The van der Waals surface area contributed by atoms with Gasteiger partial charge < -0.3 is 10.6 Å². The van der Waals surface area contributed by atoms with Gasteiger partial charge in [-0.3, -0.25) is 14.4 Å². The quantitative estimate of drug-likeness (QED) is 0.860. The van der Waals surface area contributed by atoms with Crippen LogP contribution in [0, 0.1) is 6.92 Å². The Balaban J connectivity index is 2.01. The zero-order chi connectivity index (χ0) is 14.9. The molecule has 1 fully saturated rings. The van der Waals surface area contributed by atoms with Crippen molar-refractivity contribution >= 4 is 5.91 Å². The molecule has 1 aliphatic heterocycles. The maximum atomic E-state index is 12.5. The Kier molecular flexibility index (Phi) is 4.15. The number of hydrogen-bond donors (Lipinski definition) is 1.